The average Bonchev–Trinajstić information content (AvgIpc) is 2.92. The van der Waals surface area contributed by atoms with Crippen LogP contribution in [0.25, 0.3) is 0 Å². The highest BCUT2D eigenvalue weighted by atomic mass is 35.5. The lowest BCUT2D eigenvalue weighted by atomic mass is 10.2. The third-order valence-corrected chi connectivity index (χ3v) is 3.19. The van der Waals surface area contributed by atoms with Gasteiger partial charge in [-0.05, 0) is 30.7 Å². The third kappa shape index (κ3) is 3.71. The molecule has 0 bridgehead atoms. The molecule has 1 amide bonds. The van der Waals surface area contributed by atoms with Gasteiger partial charge in [0.2, 0.25) is 0 Å². The maximum absolute atomic E-state index is 11.9. The number of rotatable bonds is 5. The van der Waals surface area contributed by atoms with Crippen LogP contribution in [-0.2, 0) is 11.3 Å². The smallest absolute Gasteiger partial charge is 0.260 e. The van der Waals surface area contributed by atoms with Crippen molar-refractivity contribution in [2.24, 2.45) is 0 Å². The number of H-pyrrole nitrogens is 1. The van der Waals surface area contributed by atoms with Gasteiger partial charge in [-0.1, -0.05) is 11.6 Å². The number of carbonyl (C=O) groups excluding carboxylic acids is 1. The Balaban J connectivity index is 1.86. The molecule has 0 aliphatic carbocycles. The van der Waals surface area contributed by atoms with Gasteiger partial charge in [-0.15, -0.1) is 0 Å². The molecule has 1 heterocycles. The van der Waals surface area contributed by atoms with E-state index in [0.29, 0.717) is 23.1 Å². The van der Waals surface area contributed by atoms with Crippen molar-refractivity contribution in [2.75, 3.05) is 13.7 Å². The fraction of sp³-hybridized carbons (Fsp3) is 0.308. The Morgan fingerprint density at radius 1 is 1.50 bits per heavy atom. The number of nitrogens with zero attached hydrogens (tertiary/aromatic N) is 3. The van der Waals surface area contributed by atoms with Crippen LogP contribution < -0.4 is 4.74 Å². The summed E-state index contributed by atoms with van der Waals surface area (Å²) < 4.78 is 5.45. The van der Waals surface area contributed by atoms with E-state index in [-0.39, 0.29) is 12.5 Å². The maximum atomic E-state index is 11.9. The minimum absolute atomic E-state index is 0.0360. The summed E-state index contributed by atoms with van der Waals surface area (Å²) in [4.78, 5) is 17.4. The van der Waals surface area contributed by atoms with Gasteiger partial charge in [-0.3, -0.25) is 9.89 Å². The standard InChI is InChI=1S/C13H15ClN4O2/c1-9-5-10(3-4-11(9)14)20-7-13(19)18(2)6-12-15-8-16-17-12/h3-5,8H,6-7H2,1-2H3,(H,15,16,17). The Hall–Kier alpha value is -2.08. The number of carbonyl (C=O) groups is 1. The second kappa shape index (κ2) is 6.38. The maximum Gasteiger partial charge on any atom is 0.260 e. The van der Waals surface area contributed by atoms with Crippen molar-refractivity contribution in [3.05, 3.63) is 40.9 Å². The molecule has 0 aliphatic rings. The van der Waals surface area contributed by atoms with Gasteiger partial charge in [0.05, 0.1) is 6.54 Å². The molecule has 7 heteroatoms. The van der Waals surface area contributed by atoms with Crippen LogP contribution >= 0.6 is 11.6 Å². The average molecular weight is 295 g/mol. The van der Waals surface area contributed by atoms with E-state index in [4.69, 9.17) is 16.3 Å². The lowest BCUT2D eigenvalue weighted by Crippen LogP contribution is -2.31. The SMILES string of the molecule is Cc1cc(OCC(=O)N(C)Cc2ncn[nH]2)ccc1Cl. The van der Waals surface area contributed by atoms with Crippen molar-refractivity contribution in [1.29, 1.82) is 0 Å². The minimum atomic E-state index is -0.144. The molecule has 0 saturated heterocycles. The van der Waals surface area contributed by atoms with Crippen molar-refractivity contribution >= 4 is 17.5 Å². The summed E-state index contributed by atoms with van der Waals surface area (Å²) in [6.45, 7) is 2.21. The number of hydrogen-bond acceptors (Lipinski definition) is 4. The van der Waals surface area contributed by atoms with Gasteiger partial charge in [0.1, 0.15) is 17.9 Å². The molecular weight excluding hydrogens is 280 g/mol. The van der Waals surface area contributed by atoms with E-state index in [2.05, 4.69) is 15.2 Å². The molecule has 1 aromatic carbocycles. The second-order valence-electron chi connectivity index (χ2n) is 4.38. The molecule has 2 aromatic rings. The quantitative estimate of drug-likeness (QED) is 0.913. The van der Waals surface area contributed by atoms with Crippen molar-refractivity contribution in [3.63, 3.8) is 0 Å². The fourth-order valence-corrected chi connectivity index (χ4v) is 1.70. The number of nitrogens with one attached hydrogen (secondary N) is 1. The Kier molecular flexibility index (Phi) is 4.57. The van der Waals surface area contributed by atoms with Crippen LogP contribution in [0, 0.1) is 6.92 Å². The first-order chi connectivity index (χ1) is 9.56. The lowest BCUT2D eigenvalue weighted by Gasteiger charge is -2.16. The van der Waals surface area contributed by atoms with Gasteiger partial charge in [-0.2, -0.15) is 5.10 Å². The molecule has 0 saturated carbocycles. The molecule has 0 fully saturated rings. The van der Waals surface area contributed by atoms with E-state index in [1.807, 2.05) is 6.92 Å². The van der Waals surface area contributed by atoms with E-state index in [1.54, 1.807) is 25.2 Å². The summed E-state index contributed by atoms with van der Waals surface area (Å²) in [6.07, 6.45) is 1.40. The summed E-state index contributed by atoms with van der Waals surface area (Å²) in [5, 5.41) is 7.10. The van der Waals surface area contributed by atoms with Crippen molar-refractivity contribution in [3.8, 4) is 5.75 Å². The van der Waals surface area contributed by atoms with Crippen LogP contribution in [-0.4, -0.2) is 39.6 Å². The number of aryl methyl sites for hydroxylation is 1. The normalized spacial score (nSPS) is 10.3. The number of likely N-dealkylation sites (N-methyl/N-ethyl adjacent to an activating group) is 1. The Morgan fingerprint density at radius 3 is 2.95 bits per heavy atom. The monoisotopic (exact) mass is 294 g/mol. The van der Waals surface area contributed by atoms with E-state index in [0.717, 1.165) is 5.56 Å². The number of amides is 1. The summed E-state index contributed by atoms with van der Waals surface area (Å²) >= 11 is 5.93. The Bertz CT molecular complexity index is 586. The molecule has 0 atom stereocenters. The molecular formula is C13H15ClN4O2. The lowest BCUT2D eigenvalue weighted by molar-refractivity contribution is -0.132. The fourth-order valence-electron chi connectivity index (χ4n) is 1.58. The number of aromatic amines is 1. The molecule has 106 valence electrons. The molecule has 0 aliphatic heterocycles. The summed E-state index contributed by atoms with van der Waals surface area (Å²) in [5.74, 6) is 1.10. The predicted molar refractivity (Wildman–Crippen MR) is 74.5 cm³/mol. The zero-order chi connectivity index (χ0) is 14.5. The number of halogens is 1. The molecule has 6 nitrogen and oxygen atoms in total. The second-order valence-corrected chi connectivity index (χ2v) is 4.79. The van der Waals surface area contributed by atoms with Gasteiger partial charge in [0.15, 0.2) is 6.61 Å². The van der Waals surface area contributed by atoms with E-state index < -0.39 is 0 Å². The zero-order valence-corrected chi connectivity index (χ0v) is 12.0. The highest BCUT2D eigenvalue weighted by molar-refractivity contribution is 6.31. The van der Waals surface area contributed by atoms with Gasteiger partial charge < -0.3 is 9.64 Å². The zero-order valence-electron chi connectivity index (χ0n) is 11.3. The van der Waals surface area contributed by atoms with Crippen LogP contribution in [0.2, 0.25) is 5.02 Å². The largest absolute Gasteiger partial charge is 0.484 e. The van der Waals surface area contributed by atoms with Gasteiger partial charge in [0.25, 0.3) is 5.91 Å². The van der Waals surface area contributed by atoms with E-state index >= 15 is 0 Å². The third-order valence-electron chi connectivity index (χ3n) is 2.77. The van der Waals surface area contributed by atoms with Crippen molar-refractivity contribution in [1.82, 2.24) is 20.1 Å². The van der Waals surface area contributed by atoms with Gasteiger partial charge >= 0.3 is 0 Å². The van der Waals surface area contributed by atoms with Gasteiger partial charge in [0, 0.05) is 12.1 Å². The van der Waals surface area contributed by atoms with Crippen molar-refractivity contribution in [2.45, 2.75) is 13.5 Å². The molecule has 20 heavy (non-hydrogen) atoms. The molecule has 0 radical (unpaired) electrons. The van der Waals surface area contributed by atoms with E-state index in [9.17, 15) is 4.79 Å². The first-order valence-corrected chi connectivity index (χ1v) is 6.41. The first kappa shape index (κ1) is 14.3. The minimum Gasteiger partial charge on any atom is -0.484 e. The van der Waals surface area contributed by atoms with Crippen LogP contribution in [0.3, 0.4) is 0 Å². The molecule has 2 rings (SSSR count). The Morgan fingerprint density at radius 2 is 2.30 bits per heavy atom. The first-order valence-electron chi connectivity index (χ1n) is 6.03. The van der Waals surface area contributed by atoms with E-state index in [1.165, 1.54) is 11.2 Å². The predicted octanol–water partition coefficient (Wildman–Crippen LogP) is 1.80. The van der Waals surface area contributed by atoms with Crippen LogP contribution in [0.15, 0.2) is 24.5 Å². The highest BCUT2D eigenvalue weighted by Gasteiger charge is 2.11. The summed E-state index contributed by atoms with van der Waals surface area (Å²) in [7, 11) is 1.68. The van der Waals surface area contributed by atoms with Gasteiger partial charge in [-0.25, -0.2) is 4.98 Å². The Labute approximate surface area is 121 Å². The van der Waals surface area contributed by atoms with Crippen LogP contribution in [0.1, 0.15) is 11.4 Å². The highest BCUT2D eigenvalue weighted by Crippen LogP contribution is 2.20. The van der Waals surface area contributed by atoms with Crippen LogP contribution in [0.5, 0.6) is 5.75 Å². The topological polar surface area (TPSA) is 71.1 Å². The number of hydrogen-bond donors (Lipinski definition) is 1. The molecule has 0 unspecified atom stereocenters. The van der Waals surface area contributed by atoms with Crippen LogP contribution in [0.4, 0.5) is 0 Å². The molecule has 0 spiro atoms. The summed E-state index contributed by atoms with van der Waals surface area (Å²) in [6, 6.07) is 5.28. The number of benzene rings is 1. The number of aromatic nitrogens is 3. The summed E-state index contributed by atoms with van der Waals surface area (Å²) in [5.41, 5.74) is 0.909. The number of ether oxygens (including phenoxy) is 1. The molecule has 1 aromatic heterocycles. The van der Waals surface area contributed by atoms with Crippen molar-refractivity contribution < 1.29 is 9.53 Å². The molecule has 1 N–H and O–H groups in total.